The maximum atomic E-state index is 12.6. The molecule has 2 aliphatic rings. The van der Waals surface area contributed by atoms with Crippen LogP contribution in [0.2, 0.25) is 0 Å². The first-order valence-corrected chi connectivity index (χ1v) is 15.3. The number of carbonyl (C=O) groups is 1. The number of ether oxygens (including phenoxy) is 1. The number of aromatic nitrogens is 2. The maximum absolute atomic E-state index is 12.6. The number of rotatable bonds is 7. The van der Waals surface area contributed by atoms with E-state index in [1.807, 2.05) is 36.4 Å². The summed E-state index contributed by atoms with van der Waals surface area (Å²) in [5.74, 6) is 0.614. The number of furan rings is 1. The number of anilines is 1. The van der Waals surface area contributed by atoms with Gasteiger partial charge in [0.25, 0.3) is 0 Å². The fourth-order valence-corrected chi connectivity index (χ4v) is 6.83. The Morgan fingerprint density at radius 1 is 1.13 bits per heavy atom. The molecular weight excluding hydrogens is 568 g/mol. The van der Waals surface area contributed by atoms with Gasteiger partial charge < -0.3 is 29.0 Å². The quantitative estimate of drug-likeness (QED) is 0.241. The number of fused-ring (bicyclic) bond motifs is 4. The molecule has 228 valence electrons. The molecule has 0 spiro atoms. The molecule has 3 aromatic carbocycles. The highest BCUT2D eigenvalue weighted by Gasteiger charge is 2.32. The van der Waals surface area contributed by atoms with Crippen molar-refractivity contribution in [1.29, 1.82) is 5.26 Å². The number of carbonyl (C=O) groups excluding carboxylic acids is 1. The van der Waals surface area contributed by atoms with Gasteiger partial charge in [-0.05, 0) is 78.7 Å². The van der Waals surface area contributed by atoms with Crippen LogP contribution in [0.3, 0.4) is 0 Å². The molecule has 1 amide bonds. The van der Waals surface area contributed by atoms with E-state index < -0.39 is 0 Å². The van der Waals surface area contributed by atoms with Crippen LogP contribution in [-0.4, -0.2) is 82.7 Å². The van der Waals surface area contributed by atoms with E-state index in [1.54, 1.807) is 23.3 Å². The van der Waals surface area contributed by atoms with Gasteiger partial charge in [0.15, 0.2) is 0 Å². The third-order valence-corrected chi connectivity index (χ3v) is 9.14. The first kappa shape index (κ1) is 28.6. The standard InChI is InChI=1S/C35H34N6O4/c1-3-31(43)41-15-14-40(20-23(41)10-12-36)34-32-30(37-35(38-34)45-21-24-8-6-13-39(24)2)19-29(27-11-16-44-33(27)32)28-18-25(42)17-22-7-4-5-9-26(22)28/h3-5,7,9,11,16-19,23-24,42H,1,6,8,10,13-15,20-21H2,2H3/t23-,24-/m0/s1. The summed E-state index contributed by atoms with van der Waals surface area (Å²) in [4.78, 5) is 28.6. The van der Waals surface area contributed by atoms with Gasteiger partial charge in [0.1, 0.15) is 23.8 Å². The van der Waals surface area contributed by atoms with Gasteiger partial charge in [-0.3, -0.25) is 4.79 Å². The van der Waals surface area contributed by atoms with Gasteiger partial charge >= 0.3 is 6.01 Å². The summed E-state index contributed by atoms with van der Waals surface area (Å²) in [6.07, 6.45) is 5.31. The molecule has 7 rings (SSSR count). The number of nitrogens with zero attached hydrogens (tertiary/aromatic N) is 6. The lowest BCUT2D eigenvalue weighted by atomic mass is 9.94. The lowest BCUT2D eigenvalue weighted by Gasteiger charge is -2.41. The van der Waals surface area contributed by atoms with Crippen molar-refractivity contribution in [3.05, 3.63) is 67.4 Å². The molecule has 2 saturated heterocycles. The second kappa shape index (κ2) is 11.7. The van der Waals surface area contributed by atoms with E-state index in [-0.39, 0.29) is 36.2 Å². The van der Waals surface area contributed by atoms with Crippen LogP contribution in [-0.2, 0) is 4.79 Å². The average molecular weight is 603 g/mol. The van der Waals surface area contributed by atoms with Crippen LogP contribution in [0.25, 0.3) is 43.8 Å². The molecule has 5 aromatic rings. The Morgan fingerprint density at radius 2 is 1.98 bits per heavy atom. The van der Waals surface area contributed by atoms with Gasteiger partial charge in [0.05, 0.1) is 35.7 Å². The SMILES string of the molecule is C=CC(=O)N1CCN(c2nc(OC[C@@H]3CCCN3C)nc3cc(-c4cc(O)cc5ccccc45)c4ccoc4c23)C[C@@H]1CC#N. The lowest BCUT2D eigenvalue weighted by molar-refractivity contribution is -0.128. The van der Waals surface area contributed by atoms with Gasteiger partial charge in [-0.25, -0.2) is 0 Å². The van der Waals surface area contributed by atoms with Crippen molar-refractivity contribution in [2.75, 3.05) is 44.7 Å². The van der Waals surface area contributed by atoms with E-state index in [4.69, 9.17) is 19.1 Å². The maximum Gasteiger partial charge on any atom is 0.319 e. The van der Waals surface area contributed by atoms with Gasteiger partial charge in [0.2, 0.25) is 5.91 Å². The number of hydrogen-bond acceptors (Lipinski definition) is 9. The smallest absolute Gasteiger partial charge is 0.319 e. The largest absolute Gasteiger partial charge is 0.508 e. The van der Waals surface area contributed by atoms with Gasteiger partial charge in [0, 0.05) is 31.1 Å². The van der Waals surface area contributed by atoms with Crippen LogP contribution in [0.1, 0.15) is 19.3 Å². The van der Waals surface area contributed by atoms with Crippen molar-refractivity contribution < 1.29 is 19.1 Å². The Labute approximate surface area is 260 Å². The topological polar surface area (TPSA) is 119 Å². The minimum atomic E-state index is -0.333. The zero-order valence-electron chi connectivity index (χ0n) is 25.1. The number of aromatic hydroxyl groups is 1. The normalized spacial score (nSPS) is 18.9. The third kappa shape index (κ3) is 5.19. The van der Waals surface area contributed by atoms with Crippen molar-refractivity contribution in [3.63, 3.8) is 0 Å². The van der Waals surface area contributed by atoms with Crippen molar-refractivity contribution in [1.82, 2.24) is 19.8 Å². The van der Waals surface area contributed by atoms with Crippen LogP contribution in [0.5, 0.6) is 11.8 Å². The second-order valence-corrected chi connectivity index (χ2v) is 11.8. The average Bonchev–Trinajstić information content (AvgIpc) is 3.71. The molecule has 2 aliphatic heterocycles. The second-order valence-electron chi connectivity index (χ2n) is 11.8. The van der Waals surface area contributed by atoms with Crippen LogP contribution in [0.15, 0.2) is 71.9 Å². The Hall–Kier alpha value is -5.14. The summed E-state index contributed by atoms with van der Waals surface area (Å²) in [6.45, 7) is 6.47. The van der Waals surface area contributed by atoms with E-state index in [9.17, 15) is 15.2 Å². The number of nitriles is 1. The number of likely N-dealkylation sites (tertiary alicyclic amines) is 1. The molecule has 45 heavy (non-hydrogen) atoms. The third-order valence-electron chi connectivity index (χ3n) is 9.14. The molecule has 2 aromatic heterocycles. The highest BCUT2D eigenvalue weighted by Crippen LogP contribution is 2.42. The molecule has 0 radical (unpaired) electrons. The predicted molar refractivity (Wildman–Crippen MR) is 173 cm³/mol. The van der Waals surface area contributed by atoms with Crippen LogP contribution in [0.4, 0.5) is 5.82 Å². The van der Waals surface area contributed by atoms with Gasteiger partial charge in [-0.2, -0.15) is 15.2 Å². The summed E-state index contributed by atoms with van der Waals surface area (Å²) in [7, 11) is 2.10. The summed E-state index contributed by atoms with van der Waals surface area (Å²) in [5, 5.41) is 23.8. The minimum Gasteiger partial charge on any atom is -0.508 e. The molecule has 0 saturated carbocycles. The Morgan fingerprint density at radius 3 is 2.78 bits per heavy atom. The zero-order valence-corrected chi connectivity index (χ0v) is 25.1. The number of benzene rings is 3. The zero-order chi connectivity index (χ0) is 31.1. The molecule has 0 aliphatic carbocycles. The fourth-order valence-electron chi connectivity index (χ4n) is 6.83. The summed E-state index contributed by atoms with van der Waals surface area (Å²) in [5.41, 5.74) is 2.99. The summed E-state index contributed by atoms with van der Waals surface area (Å²) in [6, 6.07) is 17.9. The summed E-state index contributed by atoms with van der Waals surface area (Å²) >= 11 is 0. The number of likely N-dealkylation sites (N-methyl/N-ethyl adjacent to an activating group) is 1. The lowest BCUT2D eigenvalue weighted by Crippen LogP contribution is -2.55. The first-order chi connectivity index (χ1) is 21.9. The molecule has 4 heterocycles. The molecule has 0 bridgehead atoms. The van der Waals surface area contributed by atoms with Crippen molar-refractivity contribution in [2.45, 2.75) is 31.3 Å². The Kier molecular flexibility index (Phi) is 7.47. The van der Waals surface area contributed by atoms with Crippen LogP contribution >= 0.6 is 0 Å². The highest BCUT2D eigenvalue weighted by molar-refractivity contribution is 6.16. The van der Waals surface area contributed by atoms with Gasteiger partial charge in [-0.15, -0.1) is 0 Å². The van der Waals surface area contributed by atoms with Crippen LogP contribution < -0.4 is 9.64 Å². The number of hydrogen-bond donors (Lipinski definition) is 1. The van der Waals surface area contributed by atoms with E-state index in [0.29, 0.717) is 43.2 Å². The molecule has 2 fully saturated rings. The Balaban J connectivity index is 1.40. The molecule has 10 nitrogen and oxygen atoms in total. The van der Waals surface area contributed by atoms with E-state index in [0.717, 1.165) is 52.1 Å². The Bertz CT molecular complexity index is 1980. The number of amides is 1. The van der Waals surface area contributed by atoms with Gasteiger partial charge in [-0.1, -0.05) is 30.8 Å². The highest BCUT2D eigenvalue weighted by atomic mass is 16.5. The summed E-state index contributed by atoms with van der Waals surface area (Å²) < 4.78 is 12.5. The first-order valence-electron chi connectivity index (χ1n) is 15.3. The number of phenolic OH excluding ortho intramolecular Hbond substituents is 1. The van der Waals surface area contributed by atoms with Crippen LogP contribution in [0, 0.1) is 11.3 Å². The van der Waals surface area contributed by atoms with E-state index in [1.165, 1.54) is 6.08 Å². The number of phenols is 1. The van der Waals surface area contributed by atoms with E-state index in [2.05, 4.69) is 29.5 Å². The minimum absolute atomic E-state index is 0.170. The van der Waals surface area contributed by atoms with Crippen molar-refractivity contribution >= 4 is 44.4 Å². The molecule has 2 atom stereocenters. The number of piperazine rings is 1. The molecule has 1 N–H and O–H groups in total. The molecule has 0 unspecified atom stereocenters. The predicted octanol–water partition coefficient (Wildman–Crippen LogP) is 5.49. The monoisotopic (exact) mass is 602 g/mol. The van der Waals surface area contributed by atoms with Crippen molar-refractivity contribution in [2.24, 2.45) is 0 Å². The fraction of sp³-hybridized carbons (Fsp3) is 0.314. The molecule has 10 heteroatoms. The van der Waals surface area contributed by atoms with Crippen molar-refractivity contribution in [3.8, 4) is 29.0 Å². The molecular formula is C35H34N6O4. The van der Waals surface area contributed by atoms with E-state index >= 15 is 0 Å².